The number of aromatic nitrogens is 3. The van der Waals surface area contributed by atoms with Gasteiger partial charge < -0.3 is 26.1 Å². The number of benzene rings is 1. The van der Waals surface area contributed by atoms with Crippen molar-refractivity contribution in [2.24, 2.45) is 0 Å². The maximum absolute atomic E-state index is 9.60. The second-order valence-electron chi connectivity index (χ2n) is 8.00. The molecule has 1 aliphatic heterocycles. The number of nitrogens with zero attached hydrogens (tertiary/aromatic N) is 3. The van der Waals surface area contributed by atoms with Crippen molar-refractivity contribution in [3.05, 3.63) is 36.8 Å². The molecule has 1 fully saturated rings. The number of carbonyl (C=O) groups excluding carboxylic acids is 1. The predicted molar refractivity (Wildman–Crippen MR) is 115 cm³/mol. The van der Waals surface area contributed by atoms with Crippen LogP contribution in [0.25, 0.3) is 22.2 Å². The average Bonchev–Trinajstić information content (AvgIpc) is 3.30. The summed E-state index contributed by atoms with van der Waals surface area (Å²) in [6.45, 7) is 7.90. The highest BCUT2D eigenvalue weighted by molar-refractivity contribution is 6.00. The summed E-state index contributed by atoms with van der Waals surface area (Å²) < 4.78 is 6.77. The molecule has 2 aromatic heterocycles. The number of nitrogen functional groups attached to an aromatic ring is 2. The van der Waals surface area contributed by atoms with Crippen LogP contribution in [0.4, 0.5) is 11.5 Å². The molecule has 0 saturated carbocycles. The summed E-state index contributed by atoms with van der Waals surface area (Å²) in [6, 6.07) is 8.21. The van der Waals surface area contributed by atoms with Crippen LogP contribution in [-0.2, 0) is 9.53 Å². The molecule has 4 rings (SSSR count). The van der Waals surface area contributed by atoms with Gasteiger partial charge in [-0.3, -0.25) is 4.79 Å². The molecule has 8 nitrogen and oxygen atoms in total. The zero-order valence-corrected chi connectivity index (χ0v) is 17.1. The van der Waals surface area contributed by atoms with Crippen molar-refractivity contribution in [3.8, 4) is 11.1 Å². The average molecular weight is 396 g/mol. The van der Waals surface area contributed by atoms with Crippen LogP contribution in [0.3, 0.4) is 0 Å². The zero-order valence-electron chi connectivity index (χ0n) is 17.1. The van der Waals surface area contributed by atoms with Crippen molar-refractivity contribution in [2.45, 2.75) is 38.8 Å². The molecule has 3 aromatic rings. The minimum absolute atomic E-state index is 0.318. The third-order valence-corrected chi connectivity index (χ3v) is 4.69. The first-order valence-electron chi connectivity index (χ1n) is 9.59. The fraction of sp³-hybridized carbons (Fsp3) is 0.381. The van der Waals surface area contributed by atoms with Crippen molar-refractivity contribution in [2.75, 3.05) is 24.6 Å². The van der Waals surface area contributed by atoms with Crippen molar-refractivity contribution in [1.29, 1.82) is 0 Å². The third kappa shape index (κ3) is 4.83. The van der Waals surface area contributed by atoms with Gasteiger partial charge in [0.1, 0.15) is 23.4 Å². The van der Waals surface area contributed by atoms with Crippen molar-refractivity contribution >= 4 is 29.0 Å². The molecule has 1 atom stereocenters. The second-order valence-corrected chi connectivity index (χ2v) is 8.00. The van der Waals surface area contributed by atoms with Gasteiger partial charge in [-0.05, 0) is 51.4 Å². The lowest BCUT2D eigenvalue weighted by atomic mass is 10.1. The van der Waals surface area contributed by atoms with E-state index in [2.05, 4.69) is 30.8 Å². The van der Waals surface area contributed by atoms with E-state index in [1.165, 1.54) is 6.33 Å². The quantitative estimate of drug-likeness (QED) is 0.460. The van der Waals surface area contributed by atoms with E-state index in [1.807, 2.05) is 45.0 Å². The smallest absolute Gasteiger partial charge is 0.293 e. The number of nitrogens with two attached hydrogens (primary N) is 2. The Labute approximate surface area is 170 Å². The lowest BCUT2D eigenvalue weighted by molar-refractivity contribution is -0.138. The number of carbonyl (C=O) groups is 1. The Morgan fingerprint density at radius 1 is 1.21 bits per heavy atom. The first-order chi connectivity index (χ1) is 13.8. The van der Waals surface area contributed by atoms with Gasteiger partial charge in [0.25, 0.3) is 6.47 Å². The first-order valence-corrected chi connectivity index (χ1v) is 9.59. The van der Waals surface area contributed by atoms with Crippen LogP contribution >= 0.6 is 0 Å². The summed E-state index contributed by atoms with van der Waals surface area (Å²) in [7, 11) is 0. The summed E-state index contributed by atoms with van der Waals surface area (Å²) in [4.78, 5) is 18.2. The first kappa shape index (κ1) is 20.6. The van der Waals surface area contributed by atoms with Gasteiger partial charge in [-0.15, -0.1) is 0 Å². The van der Waals surface area contributed by atoms with E-state index in [0.717, 1.165) is 47.4 Å². The monoisotopic (exact) mass is 396 g/mol. The van der Waals surface area contributed by atoms with Crippen molar-refractivity contribution in [3.63, 3.8) is 0 Å². The van der Waals surface area contributed by atoms with Crippen LogP contribution in [0.2, 0.25) is 0 Å². The van der Waals surface area contributed by atoms with Crippen LogP contribution in [0.5, 0.6) is 0 Å². The molecule has 29 heavy (non-hydrogen) atoms. The van der Waals surface area contributed by atoms with E-state index in [0.29, 0.717) is 18.3 Å². The van der Waals surface area contributed by atoms with Gasteiger partial charge in [-0.25, -0.2) is 9.97 Å². The summed E-state index contributed by atoms with van der Waals surface area (Å²) in [6.07, 6.45) is 4.76. The van der Waals surface area contributed by atoms with E-state index in [4.69, 9.17) is 11.5 Å². The van der Waals surface area contributed by atoms with Gasteiger partial charge in [0.05, 0.1) is 5.39 Å². The number of fused-ring (bicyclic) bond motifs is 1. The van der Waals surface area contributed by atoms with E-state index in [-0.39, 0.29) is 5.60 Å². The fourth-order valence-electron chi connectivity index (χ4n) is 3.29. The normalized spacial score (nSPS) is 16.3. The minimum atomic E-state index is -0.318. The van der Waals surface area contributed by atoms with Gasteiger partial charge in [0.2, 0.25) is 0 Å². The highest BCUT2D eigenvalue weighted by Gasteiger charge is 2.22. The van der Waals surface area contributed by atoms with E-state index >= 15 is 0 Å². The topological polar surface area (TPSA) is 121 Å². The van der Waals surface area contributed by atoms with E-state index in [9.17, 15) is 4.79 Å². The summed E-state index contributed by atoms with van der Waals surface area (Å²) in [5, 5.41) is 4.31. The van der Waals surface area contributed by atoms with Gasteiger partial charge in [-0.2, -0.15) is 0 Å². The lowest BCUT2D eigenvalue weighted by Crippen LogP contribution is -2.17. The molecular weight excluding hydrogens is 368 g/mol. The van der Waals surface area contributed by atoms with Crippen LogP contribution in [0.15, 0.2) is 36.8 Å². The Hall–Kier alpha value is -3.13. The van der Waals surface area contributed by atoms with E-state index < -0.39 is 0 Å². The number of rotatable bonds is 3. The fourth-order valence-corrected chi connectivity index (χ4v) is 3.29. The van der Waals surface area contributed by atoms with Gasteiger partial charge in [-0.1, -0.05) is 12.1 Å². The van der Waals surface area contributed by atoms with Crippen LogP contribution < -0.4 is 16.8 Å². The van der Waals surface area contributed by atoms with Crippen LogP contribution in [0, 0.1) is 0 Å². The zero-order chi connectivity index (χ0) is 21.0. The Bertz CT molecular complexity index is 969. The molecule has 8 heteroatoms. The number of hydrogen-bond donors (Lipinski definition) is 3. The Balaban J connectivity index is 0.000000298. The highest BCUT2D eigenvalue weighted by Crippen LogP contribution is 2.35. The molecule has 1 unspecified atom stereocenters. The highest BCUT2D eigenvalue weighted by atomic mass is 16.5. The molecule has 1 aliphatic rings. The molecule has 3 heterocycles. The number of nitrogens with one attached hydrogen (secondary N) is 1. The molecule has 0 aliphatic carbocycles. The second kappa shape index (κ2) is 8.48. The van der Waals surface area contributed by atoms with Gasteiger partial charge in [0.15, 0.2) is 0 Å². The molecule has 0 spiro atoms. The van der Waals surface area contributed by atoms with E-state index in [1.54, 1.807) is 0 Å². The molecular formula is C21H28N6O2. The lowest BCUT2D eigenvalue weighted by Gasteiger charge is -2.14. The summed E-state index contributed by atoms with van der Waals surface area (Å²) in [5.41, 5.74) is 15.4. The van der Waals surface area contributed by atoms with Crippen LogP contribution in [0.1, 0.15) is 33.2 Å². The third-order valence-electron chi connectivity index (χ3n) is 4.69. The Morgan fingerprint density at radius 3 is 2.48 bits per heavy atom. The molecule has 1 saturated heterocycles. The maximum atomic E-state index is 9.60. The van der Waals surface area contributed by atoms with Crippen molar-refractivity contribution < 1.29 is 9.53 Å². The molecule has 5 N–H and O–H groups in total. The molecule has 1 aromatic carbocycles. The van der Waals surface area contributed by atoms with Crippen LogP contribution in [-0.4, -0.2) is 39.7 Å². The van der Waals surface area contributed by atoms with Gasteiger partial charge in [0, 0.05) is 30.0 Å². The summed E-state index contributed by atoms with van der Waals surface area (Å²) >= 11 is 0. The standard InChI is InChI=1S/C16H18N6.C5H10O2/c17-11-3-1-10(2-4-11)13-8-22(12-5-6-19-7-12)16-14(13)15(18)20-9-21-16;1-5(2,3)7-4-6/h1-4,8-9,12,19H,5-7,17H2,(H2,18,20,21);4H,1-3H3. The number of hydrogen-bond acceptors (Lipinski definition) is 7. The Morgan fingerprint density at radius 2 is 1.93 bits per heavy atom. The van der Waals surface area contributed by atoms with Gasteiger partial charge >= 0.3 is 0 Å². The van der Waals surface area contributed by atoms with Crippen molar-refractivity contribution in [1.82, 2.24) is 19.9 Å². The molecule has 0 bridgehead atoms. The largest absolute Gasteiger partial charge is 0.462 e. The molecule has 0 radical (unpaired) electrons. The maximum Gasteiger partial charge on any atom is 0.293 e. The number of anilines is 2. The predicted octanol–water partition coefficient (Wildman–Crippen LogP) is 2.75. The Kier molecular flexibility index (Phi) is 6.03. The molecule has 0 amide bonds. The SMILES string of the molecule is CC(C)(C)OC=O.Nc1ccc(-c2cn(C3CCNC3)c3ncnc(N)c23)cc1. The summed E-state index contributed by atoms with van der Waals surface area (Å²) in [5.74, 6) is 0.515. The molecule has 154 valence electrons. The number of ether oxygens (including phenoxy) is 1. The minimum Gasteiger partial charge on any atom is -0.462 e.